The Labute approximate surface area is 166 Å². The summed E-state index contributed by atoms with van der Waals surface area (Å²) in [7, 11) is 1.54. The number of hydrogen-bond acceptors (Lipinski definition) is 5. The quantitative estimate of drug-likeness (QED) is 0.491. The number of nitrogens with one attached hydrogen (secondary N) is 1. The molecule has 142 valence electrons. The van der Waals surface area contributed by atoms with E-state index in [4.69, 9.17) is 13.9 Å². The molecule has 27 heavy (non-hydrogen) atoms. The summed E-state index contributed by atoms with van der Waals surface area (Å²) < 4.78 is 17.1. The number of carbonyl (C=O) groups is 1. The van der Waals surface area contributed by atoms with Crippen LogP contribution in [0.5, 0.6) is 11.5 Å². The number of ether oxygens (including phenoxy) is 2. The topological polar surface area (TPSA) is 84.5 Å². The molecule has 1 N–H and O–H groups in total. The molecule has 1 aromatic carbocycles. The number of furan rings is 1. The molecular weight excluding hydrogens is 412 g/mol. The lowest BCUT2D eigenvalue weighted by atomic mass is 10.1. The Morgan fingerprint density at radius 1 is 1.48 bits per heavy atom. The van der Waals surface area contributed by atoms with Crippen LogP contribution < -0.4 is 14.8 Å². The van der Waals surface area contributed by atoms with Gasteiger partial charge in [0.25, 0.3) is 5.91 Å². The van der Waals surface area contributed by atoms with Crippen LogP contribution in [0, 0.1) is 11.3 Å². The van der Waals surface area contributed by atoms with E-state index in [0.29, 0.717) is 27.3 Å². The molecule has 0 saturated carbocycles. The van der Waals surface area contributed by atoms with Gasteiger partial charge in [-0.2, -0.15) is 5.26 Å². The van der Waals surface area contributed by atoms with Crippen LogP contribution in [0.2, 0.25) is 0 Å². The molecule has 7 heteroatoms. The van der Waals surface area contributed by atoms with Crippen molar-refractivity contribution in [1.82, 2.24) is 5.32 Å². The number of amides is 1. The second-order valence-corrected chi connectivity index (χ2v) is 6.66. The van der Waals surface area contributed by atoms with Crippen LogP contribution in [0.25, 0.3) is 6.08 Å². The molecule has 0 aliphatic rings. The fourth-order valence-corrected chi connectivity index (χ4v) is 2.77. The standard InChI is InChI=1S/C20H21BrN2O4/c1-4-13(2)27-19-17(21)9-14(10-18(19)25-3)8-15(11-22)20(24)23-12-16-6-5-7-26-16/h5-10,13H,4,12H2,1-3H3,(H,23,24)/b15-8-/t13-/m1/s1. The minimum absolute atomic E-state index is 0.0221. The molecular formula is C20H21BrN2O4. The largest absolute Gasteiger partial charge is 0.493 e. The number of nitrogens with zero attached hydrogens (tertiary/aromatic N) is 1. The van der Waals surface area contributed by atoms with E-state index in [9.17, 15) is 10.1 Å². The van der Waals surface area contributed by atoms with Crippen LogP contribution in [-0.4, -0.2) is 19.1 Å². The smallest absolute Gasteiger partial charge is 0.262 e. The van der Waals surface area contributed by atoms with Gasteiger partial charge in [-0.15, -0.1) is 0 Å². The van der Waals surface area contributed by atoms with E-state index in [0.717, 1.165) is 6.42 Å². The Morgan fingerprint density at radius 2 is 2.26 bits per heavy atom. The molecule has 0 bridgehead atoms. The van der Waals surface area contributed by atoms with Crippen LogP contribution in [0.4, 0.5) is 0 Å². The minimum atomic E-state index is -0.482. The molecule has 2 aromatic rings. The van der Waals surface area contributed by atoms with Gasteiger partial charge in [0, 0.05) is 0 Å². The Kier molecular flexibility index (Phi) is 7.50. The number of nitriles is 1. The first-order valence-electron chi connectivity index (χ1n) is 8.45. The fourth-order valence-electron chi connectivity index (χ4n) is 2.21. The van der Waals surface area contributed by atoms with Gasteiger partial charge in [-0.05, 0) is 65.2 Å². The van der Waals surface area contributed by atoms with Crippen molar-refractivity contribution in [3.05, 3.63) is 51.9 Å². The second kappa shape index (κ2) is 9.83. The number of rotatable bonds is 8. The maximum atomic E-state index is 12.3. The Hall–Kier alpha value is -2.72. The highest BCUT2D eigenvalue weighted by atomic mass is 79.9. The second-order valence-electron chi connectivity index (χ2n) is 5.80. The van der Waals surface area contributed by atoms with Crippen LogP contribution >= 0.6 is 15.9 Å². The summed E-state index contributed by atoms with van der Waals surface area (Å²) >= 11 is 3.47. The zero-order chi connectivity index (χ0) is 19.8. The predicted molar refractivity (Wildman–Crippen MR) is 105 cm³/mol. The first-order chi connectivity index (χ1) is 13.0. The summed E-state index contributed by atoms with van der Waals surface area (Å²) in [5.74, 6) is 1.23. The van der Waals surface area contributed by atoms with Crippen molar-refractivity contribution < 1.29 is 18.7 Å². The number of halogens is 1. The average molecular weight is 433 g/mol. The van der Waals surface area contributed by atoms with Crippen LogP contribution in [-0.2, 0) is 11.3 Å². The summed E-state index contributed by atoms with van der Waals surface area (Å²) in [4.78, 5) is 12.3. The zero-order valence-corrected chi connectivity index (χ0v) is 17.0. The maximum Gasteiger partial charge on any atom is 0.262 e. The lowest BCUT2D eigenvalue weighted by Crippen LogP contribution is -2.23. The molecule has 6 nitrogen and oxygen atoms in total. The highest BCUT2D eigenvalue weighted by Gasteiger charge is 2.15. The molecule has 1 heterocycles. The van der Waals surface area contributed by atoms with Crippen molar-refractivity contribution in [3.63, 3.8) is 0 Å². The highest BCUT2D eigenvalue weighted by molar-refractivity contribution is 9.10. The normalized spacial score (nSPS) is 12.2. The van der Waals surface area contributed by atoms with E-state index in [2.05, 4.69) is 21.2 Å². The minimum Gasteiger partial charge on any atom is -0.493 e. The molecule has 1 atom stereocenters. The number of hydrogen-bond donors (Lipinski definition) is 1. The molecule has 1 amide bonds. The van der Waals surface area contributed by atoms with Crippen molar-refractivity contribution in [2.75, 3.05) is 7.11 Å². The molecule has 0 unspecified atom stereocenters. The summed E-state index contributed by atoms with van der Waals surface area (Å²) in [6.45, 7) is 4.21. The summed E-state index contributed by atoms with van der Waals surface area (Å²) in [6.07, 6.45) is 3.90. The highest BCUT2D eigenvalue weighted by Crippen LogP contribution is 2.38. The lowest BCUT2D eigenvalue weighted by molar-refractivity contribution is -0.117. The molecule has 0 fully saturated rings. The molecule has 0 radical (unpaired) electrons. The molecule has 0 spiro atoms. The lowest BCUT2D eigenvalue weighted by Gasteiger charge is -2.17. The van der Waals surface area contributed by atoms with E-state index in [-0.39, 0.29) is 18.2 Å². The van der Waals surface area contributed by atoms with Gasteiger partial charge >= 0.3 is 0 Å². The van der Waals surface area contributed by atoms with Crippen molar-refractivity contribution in [3.8, 4) is 17.6 Å². The molecule has 0 aliphatic heterocycles. The zero-order valence-electron chi connectivity index (χ0n) is 15.4. The molecule has 2 rings (SSSR count). The van der Waals surface area contributed by atoms with Gasteiger partial charge in [0.05, 0.1) is 30.5 Å². The third-order valence-corrected chi connectivity index (χ3v) is 4.41. The molecule has 0 aliphatic carbocycles. The van der Waals surface area contributed by atoms with E-state index in [1.54, 1.807) is 31.4 Å². The van der Waals surface area contributed by atoms with Gasteiger partial charge in [-0.1, -0.05) is 6.92 Å². The van der Waals surface area contributed by atoms with E-state index >= 15 is 0 Å². The van der Waals surface area contributed by atoms with Crippen LogP contribution in [0.3, 0.4) is 0 Å². The first-order valence-corrected chi connectivity index (χ1v) is 9.24. The average Bonchev–Trinajstić information content (AvgIpc) is 3.19. The van der Waals surface area contributed by atoms with Crippen LogP contribution in [0.15, 0.2) is 45.0 Å². The van der Waals surface area contributed by atoms with Gasteiger partial charge in [0.1, 0.15) is 17.4 Å². The van der Waals surface area contributed by atoms with Crippen molar-refractivity contribution in [2.45, 2.75) is 32.9 Å². The summed E-state index contributed by atoms with van der Waals surface area (Å²) in [5, 5.41) is 12.0. The first kappa shape index (κ1) is 20.6. The van der Waals surface area contributed by atoms with Gasteiger partial charge in [-0.3, -0.25) is 4.79 Å². The molecule has 0 saturated heterocycles. The number of benzene rings is 1. The van der Waals surface area contributed by atoms with Gasteiger partial charge in [0.15, 0.2) is 11.5 Å². The Bertz CT molecular complexity index is 854. The van der Waals surface area contributed by atoms with Gasteiger partial charge in [-0.25, -0.2) is 0 Å². The van der Waals surface area contributed by atoms with Crippen molar-refractivity contribution in [2.24, 2.45) is 0 Å². The Balaban J connectivity index is 2.23. The van der Waals surface area contributed by atoms with Gasteiger partial charge in [0.2, 0.25) is 0 Å². The Morgan fingerprint density at radius 3 is 2.85 bits per heavy atom. The van der Waals surface area contributed by atoms with E-state index < -0.39 is 5.91 Å². The molecule has 1 aromatic heterocycles. The monoisotopic (exact) mass is 432 g/mol. The van der Waals surface area contributed by atoms with Crippen LogP contribution in [0.1, 0.15) is 31.6 Å². The van der Waals surface area contributed by atoms with Crippen molar-refractivity contribution in [1.29, 1.82) is 5.26 Å². The van der Waals surface area contributed by atoms with E-state index in [1.165, 1.54) is 12.3 Å². The summed E-state index contributed by atoms with van der Waals surface area (Å²) in [6, 6.07) is 8.90. The fraction of sp³-hybridized carbons (Fsp3) is 0.300. The van der Waals surface area contributed by atoms with E-state index in [1.807, 2.05) is 19.9 Å². The number of carbonyl (C=O) groups excluding carboxylic acids is 1. The summed E-state index contributed by atoms with van der Waals surface area (Å²) in [5.41, 5.74) is 0.617. The SMILES string of the molecule is CC[C@@H](C)Oc1c(Br)cc(/C=C(/C#N)C(=O)NCc2ccco2)cc1OC. The number of methoxy groups -OCH3 is 1. The maximum absolute atomic E-state index is 12.3. The predicted octanol–water partition coefficient (Wildman–Crippen LogP) is 4.45. The van der Waals surface area contributed by atoms with Gasteiger partial charge < -0.3 is 19.2 Å². The third-order valence-electron chi connectivity index (χ3n) is 3.83. The third kappa shape index (κ3) is 5.63. The van der Waals surface area contributed by atoms with Crippen molar-refractivity contribution >= 4 is 27.9 Å².